The highest BCUT2D eigenvalue weighted by molar-refractivity contribution is 5.85. The van der Waals surface area contributed by atoms with Gasteiger partial charge in [-0.1, -0.05) is 0 Å². The van der Waals surface area contributed by atoms with Crippen molar-refractivity contribution in [2.75, 3.05) is 27.3 Å². The molecule has 3 N–H and O–H groups in total. The molecule has 0 aliphatic heterocycles. The Morgan fingerprint density at radius 2 is 2.06 bits per heavy atom. The number of amides is 1. The van der Waals surface area contributed by atoms with Gasteiger partial charge in [0.25, 0.3) is 0 Å². The van der Waals surface area contributed by atoms with Gasteiger partial charge >= 0.3 is 0 Å². The highest BCUT2D eigenvalue weighted by Gasteiger charge is 2.09. The van der Waals surface area contributed by atoms with E-state index in [4.69, 9.17) is 15.2 Å². The lowest BCUT2D eigenvalue weighted by Gasteiger charge is -2.10. The lowest BCUT2D eigenvalue weighted by atomic mass is 10.1. The Kier molecular flexibility index (Phi) is 7.91. The number of carbonyl (C=O) groups is 1. The van der Waals surface area contributed by atoms with E-state index in [0.717, 1.165) is 5.56 Å². The number of rotatable bonds is 6. The molecule has 18 heavy (non-hydrogen) atoms. The normalized spacial score (nSPS) is 9.28. The molecule has 0 unspecified atom stereocenters. The first kappa shape index (κ1) is 16.5. The first-order chi connectivity index (χ1) is 8.21. The quantitative estimate of drug-likeness (QED) is 0.803. The Morgan fingerprint density at radius 3 is 2.61 bits per heavy atom. The minimum absolute atomic E-state index is 0. The average Bonchev–Trinajstić information content (AvgIpc) is 2.36. The number of hydrogen-bond donors (Lipinski definition) is 2. The number of hydrogen-bond acceptors (Lipinski definition) is 4. The lowest BCUT2D eigenvalue weighted by Crippen LogP contribution is -2.30. The van der Waals surface area contributed by atoms with Gasteiger partial charge in [0.15, 0.2) is 0 Å². The molecule has 0 fully saturated rings. The number of halogens is 1. The number of carbonyl (C=O) groups excluding carboxylic acids is 1. The van der Waals surface area contributed by atoms with E-state index < -0.39 is 0 Å². The summed E-state index contributed by atoms with van der Waals surface area (Å²) in [5, 5.41) is 2.71. The van der Waals surface area contributed by atoms with E-state index >= 15 is 0 Å². The molecular weight excluding hydrogens is 256 g/mol. The highest BCUT2D eigenvalue weighted by atomic mass is 35.5. The molecule has 0 aliphatic carbocycles. The van der Waals surface area contributed by atoms with Gasteiger partial charge < -0.3 is 20.5 Å². The molecule has 0 aliphatic rings. The highest BCUT2D eigenvalue weighted by Crippen LogP contribution is 2.24. The van der Waals surface area contributed by atoms with Crippen molar-refractivity contribution >= 4 is 18.3 Å². The summed E-state index contributed by atoms with van der Waals surface area (Å²) in [6.07, 6.45) is 0.250. The van der Waals surface area contributed by atoms with Crippen LogP contribution in [0.5, 0.6) is 11.5 Å². The fourth-order valence-corrected chi connectivity index (χ4v) is 1.47. The van der Waals surface area contributed by atoms with Gasteiger partial charge in [0, 0.05) is 18.7 Å². The van der Waals surface area contributed by atoms with Crippen LogP contribution in [0.4, 0.5) is 0 Å². The zero-order chi connectivity index (χ0) is 12.7. The Hall–Kier alpha value is -1.46. The van der Waals surface area contributed by atoms with Gasteiger partial charge in [-0.2, -0.15) is 0 Å². The fraction of sp³-hybridized carbons (Fsp3) is 0.417. The summed E-state index contributed by atoms with van der Waals surface area (Å²) in [5.41, 5.74) is 6.11. The van der Waals surface area contributed by atoms with Crippen molar-refractivity contribution in [1.82, 2.24) is 5.32 Å². The summed E-state index contributed by atoms with van der Waals surface area (Å²) in [6.45, 7) is 0.909. The molecule has 0 radical (unpaired) electrons. The van der Waals surface area contributed by atoms with Gasteiger partial charge in [0.2, 0.25) is 5.91 Å². The van der Waals surface area contributed by atoms with Crippen molar-refractivity contribution in [3.63, 3.8) is 0 Å². The molecule has 0 saturated carbocycles. The van der Waals surface area contributed by atoms with Crippen LogP contribution in [0.2, 0.25) is 0 Å². The van der Waals surface area contributed by atoms with Crippen LogP contribution < -0.4 is 20.5 Å². The van der Waals surface area contributed by atoms with Crippen LogP contribution in [0, 0.1) is 0 Å². The molecule has 0 bridgehead atoms. The third-order valence-corrected chi connectivity index (χ3v) is 2.31. The minimum Gasteiger partial charge on any atom is -0.497 e. The van der Waals surface area contributed by atoms with Crippen molar-refractivity contribution in [3.8, 4) is 11.5 Å². The van der Waals surface area contributed by atoms with E-state index in [1.807, 2.05) is 0 Å². The Balaban J connectivity index is 0.00000289. The van der Waals surface area contributed by atoms with E-state index in [1.165, 1.54) is 0 Å². The molecular formula is C12H19ClN2O3. The molecule has 0 atom stereocenters. The molecule has 1 aromatic rings. The molecule has 0 spiro atoms. The van der Waals surface area contributed by atoms with Crippen LogP contribution in [0.25, 0.3) is 0 Å². The maximum Gasteiger partial charge on any atom is 0.224 e. The molecule has 0 heterocycles. The molecule has 1 rings (SSSR count). The third-order valence-electron chi connectivity index (χ3n) is 2.31. The first-order valence-corrected chi connectivity index (χ1v) is 5.39. The molecule has 1 aromatic carbocycles. The maximum absolute atomic E-state index is 11.6. The van der Waals surface area contributed by atoms with Crippen LogP contribution >= 0.6 is 12.4 Å². The molecule has 5 nitrogen and oxygen atoms in total. The molecule has 1 amide bonds. The predicted molar refractivity (Wildman–Crippen MR) is 72.6 cm³/mol. The van der Waals surface area contributed by atoms with E-state index in [9.17, 15) is 4.79 Å². The van der Waals surface area contributed by atoms with Crippen molar-refractivity contribution in [3.05, 3.63) is 23.8 Å². The largest absolute Gasteiger partial charge is 0.497 e. The van der Waals surface area contributed by atoms with Crippen LogP contribution in [0.1, 0.15) is 5.56 Å². The van der Waals surface area contributed by atoms with Crippen LogP contribution in [0.15, 0.2) is 18.2 Å². The Bertz CT molecular complexity index is 386. The maximum atomic E-state index is 11.6. The summed E-state index contributed by atoms with van der Waals surface area (Å²) >= 11 is 0. The van der Waals surface area contributed by atoms with Gasteiger partial charge in [-0.25, -0.2) is 0 Å². The monoisotopic (exact) mass is 274 g/mol. The van der Waals surface area contributed by atoms with E-state index in [2.05, 4.69) is 5.32 Å². The second-order valence-corrected chi connectivity index (χ2v) is 3.49. The number of nitrogens with one attached hydrogen (secondary N) is 1. The molecule has 0 saturated heterocycles. The van der Waals surface area contributed by atoms with E-state index in [0.29, 0.717) is 24.6 Å². The number of methoxy groups -OCH3 is 2. The smallest absolute Gasteiger partial charge is 0.224 e. The molecule has 6 heteroatoms. The van der Waals surface area contributed by atoms with Gasteiger partial charge in [-0.15, -0.1) is 12.4 Å². The van der Waals surface area contributed by atoms with Crippen molar-refractivity contribution in [2.45, 2.75) is 6.42 Å². The standard InChI is InChI=1S/C12H18N2O3.ClH/c1-16-10-3-4-11(17-2)9(7-10)8-12(15)14-6-5-13;/h3-4,7H,5-6,8,13H2,1-2H3,(H,14,15);1H. The fourth-order valence-electron chi connectivity index (χ4n) is 1.47. The Morgan fingerprint density at radius 1 is 1.33 bits per heavy atom. The SMILES string of the molecule is COc1ccc(OC)c(CC(=O)NCCN)c1.Cl. The summed E-state index contributed by atoms with van der Waals surface area (Å²) in [7, 11) is 3.16. The van der Waals surface area contributed by atoms with Gasteiger partial charge in [-0.3, -0.25) is 4.79 Å². The number of nitrogens with two attached hydrogens (primary N) is 1. The van der Waals surface area contributed by atoms with Crippen LogP contribution in [-0.2, 0) is 11.2 Å². The van der Waals surface area contributed by atoms with E-state index in [-0.39, 0.29) is 24.7 Å². The van der Waals surface area contributed by atoms with Crippen LogP contribution in [0.3, 0.4) is 0 Å². The third kappa shape index (κ3) is 4.81. The lowest BCUT2D eigenvalue weighted by molar-refractivity contribution is -0.120. The first-order valence-electron chi connectivity index (χ1n) is 5.39. The predicted octanol–water partition coefficient (Wildman–Crippen LogP) is 0.743. The molecule has 102 valence electrons. The van der Waals surface area contributed by atoms with E-state index in [1.54, 1.807) is 32.4 Å². The van der Waals surface area contributed by atoms with Crippen molar-refractivity contribution in [2.24, 2.45) is 5.73 Å². The topological polar surface area (TPSA) is 73.6 Å². The van der Waals surface area contributed by atoms with Crippen LogP contribution in [-0.4, -0.2) is 33.2 Å². The average molecular weight is 275 g/mol. The van der Waals surface area contributed by atoms with Gasteiger partial charge in [0.1, 0.15) is 11.5 Å². The zero-order valence-corrected chi connectivity index (χ0v) is 11.4. The van der Waals surface area contributed by atoms with Gasteiger partial charge in [0.05, 0.1) is 20.6 Å². The Labute approximate surface area is 113 Å². The number of ether oxygens (including phenoxy) is 2. The zero-order valence-electron chi connectivity index (χ0n) is 10.6. The minimum atomic E-state index is -0.0815. The van der Waals surface area contributed by atoms with Crippen molar-refractivity contribution < 1.29 is 14.3 Å². The number of benzene rings is 1. The van der Waals surface area contributed by atoms with Gasteiger partial charge in [-0.05, 0) is 18.2 Å². The summed E-state index contributed by atoms with van der Waals surface area (Å²) in [6, 6.07) is 5.37. The summed E-state index contributed by atoms with van der Waals surface area (Å²) < 4.78 is 10.3. The van der Waals surface area contributed by atoms with Crippen molar-refractivity contribution in [1.29, 1.82) is 0 Å². The second-order valence-electron chi connectivity index (χ2n) is 3.49. The molecule has 0 aromatic heterocycles. The second kappa shape index (κ2) is 8.60. The summed E-state index contributed by atoms with van der Waals surface area (Å²) in [4.78, 5) is 11.6. The summed E-state index contributed by atoms with van der Waals surface area (Å²) in [5.74, 6) is 1.29.